The van der Waals surface area contributed by atoms with Gasteiger partial charge in [0.25, 0.3) is 0 Å². The quantitative estimate of drug-likeness (QED) is 0.882. The Morgan fingerprint density at radius 3 is 2.73 bits per heavy atom. The molecule has 1 aromatic rings. The molecule has 0 aliphatic carbocycles. The largest absolute Gasteiger partial charge is 0.303 e. The number of halogens is 1. The molecule has 1 heterocycles. The molecule has 80 valence electrons. The molecule has 1 aromatic carbocycles. The lowest BCUT2D eigenvalue weighted by atomic mass is 10.2. The van der Waals surface area contributed by atoms with E-state index >= 15 is 0 Å². The Hall–Kier alpha value is -0.510. The third kappa shape index (κ3) is 2.97. The second-order valence-corrected chi connectivity index (χ2v) is 5.05. The summed E-state index contributed by atoms with van der Waals surface area (Å²) in [6.07, 6.45) is 0.942. The summed E-state index contributed by atoms with van der Waals surface area (Å²) >= 11 is 7.20. The molecule has 0 radical (unpaired) electrons. The first-order chi connectivity index (χ1) is 7.25. The monoisotopic (exact) mass is 241 g/mol. The van der Waals surface area contributed by atoms with E-state index in [2.05, 4.69) is 5.32 Å². The van der Waals surface area contributed by atoms with Crippen molar-refractivity contribution in [2.24, 2.45) is 0 Å². The van der Waals surface area contributed by atoms with Crippen molar-refractivity contribution in [3.63, 3.8) is 0 Å². The minimum atomic E-state index is 0.0330. The van der Waals surface area contributed by atoms with Crippen molar-refractivity contribution in [3.8, 4) is 0 Å². The van der Waals surface area contributed by atoms with E-state index in [-0.39, 0.29) is 11.2 Å². The first-order valence-corrected chi connectivity index (χ1v) is 6.26. The van der Waals surface area contributed by atoms with Crippen LogP contribution in [-0.4, -0.2) is 16.9 Å². The predicted molar refractivity (Wildman–Crippen MR) is 64.2 cm³/mol. The minimum Gasteiger partial charge on any atom is -0.303 e. The van der Waals surface area contributed by atoms with Gasteiger partial charge in [0.2, 0.25) is 5.12 Å². The number of thioether (sulfide) groups is 1. The standard InChI is InChI=1S/C11H12ClNOS/c12-9-3-1-8(2-4-9)7-13-10-5-6-15-11(10)14/h1-4,10,13H,5-7H2. The SMILES string of the molecule is O=C1SCCC1NCc1ccc(Cl)cc1. The van der Waals surface area contributed by atoms with Crippen molar-refractivity contribution < 1.29 is 4.79 Å². The summed E-state index contributed by atoms with van der Waals surface area (Å²) in [4.78, 5) is 11.3. The average Bonchev–Trinajstić information content (AvgIpc) is 2.63. The number of rotatable bonds is 3. The van der Waals surface area contributed by atoms with E-state index in [0.717, 1.165) is 29.3 Å². The van der Waals surface area contributed by atoms with Gasteiger partial charge in [-0.05, 0) is 24.1 Å². The van der Waals surface area contributed by atoms with Gasteiger partial charge < -0.3 is 5.32 Å². The van der Waals surface area contributed by atoms with Crippen LogP contribution in [0.4, 0.5) is 0 Å². The zero-order valence-electron chi connectivity index (χ0n) is 8.20. The highest BCUT2D eigenvalue weighted by Gasteiger charge is 2.24. The van der Waals surface area contributed by atoms with Crippen molar-refractivity contribution in [2.45, 2.75) is 19.0 Å². The first kappa shape index (κ1) is 11.0. The van der Waals surface area contributed by atoms with Gasteiger partial charge in [-0.2, -0.15) is 0 Å². The molecule has 1 aliphatic heterocycles. The smallest absolute Gasteiger partial charge is 0.205 e. The summed E-state index contributed by atoms with van der Waals surface area (Å²) in [5.41, 5.74) is 1.16. The van der Waals surface area contributed by atoms with Crippen LogP contribution in [0.3, 0.4) is 0 Å². The molecule has 2 nitrogen and oxygen atoms in total. The molecule has 0 saturated carbocycles. The molecule has 1 fully saturated rings. The third-order valence-electron chi connectivity index (χ3n) is 2.40. The van der Waals surface area contributed by atoms with E-state index in [1.165, 1.54) is 11.8 Å². The maximum Gasteiger partial charge on any atom is 0.205 e. The van der Waals surface area contributed by atoms with Gasteiger partial charge in [-0.15, -0.1) is 0 Å². The average molecular weight is 242 g/mol. The summed E-state index contributed by atoms with van der Waals surface area (Å²) in [7, 11) is 0. The van der Waals surface area contributed by atoms with Crippen molar-refractivity contribution >= 4 is 28.5 Å². The van der Waals surface area contributed by atoms with E-state index in [1.807, 2.05) is 24.3 Å². The summed E-state index contributed by atoms with van der Waals surface area (Å²) in [5.74, 6) is 0.942. The first-order valence-electron chi connectivity index (χ1n) is 4.90. The van der Waals surface area contributed by atoms with Gasteiger partial charge in [0.05, 0.1) is 6.04 Å². The molecule has 0 aromatic heterocycles. The van der Waals surface area contributed by atoms with Crippen LogP contribution in [-0.2, 0) is 11.3 Å². The van der Waals surface area contributed by atoms with Gasteiger partial charge >= 0.3 is 0 Å². The lowest BCUT2D eigenvalue weighted by molar-refractivity contribution is -0.112. The van der Waals surface area contributed by atoms with E-state index in [0.29, 0.717) is 0 Å². The summed E-state index contributed by atoms with van der Waals surface area (Å²) in [6.45, 7) is 0.730. The predicted octanol–water partition coefficient (Wildman–Crippen LogP) is 2.46. The molecule has 1 aliphatic rings. The Morgan fingerprint density at radius 1 is 1.40 bits per heavy atom. The summed E-state index contributed by atoms with van der Waals surface area (Å²) in [6, 6.07) is 7.71. The topological polar surface area (TPSA) is 29.1 Å². The van der Waals surface area contributed by atoms with E-state index in [9.17, 15) is 4.79 Å². The summed E-state index contributed by atoms with van der Waals surface area (Å²) < 4.78 is 0. The number of hydrogen-bond donors (Lipinski definition) is 1. The molecular weight excluding hydrogens is 230 g/mol. The highest BCUT2D eigenvalue weighted by Crippen LogP contribution is 2.19. The molecule has 15 heavy (non-hydrogen) atoms. The number of carbonyl (C=O) groups excluding carboxylic acids is 1. The van der Waals surface area contributed by atoms with Gasteiger partial charge in [-0.25, -0.2) is 0 Å². The summed E-state index contributed by atoms with van der Waals surface area (Å²) in [5, 5.41) is 4.26. The van der Waals surface area contributed by atoms with E-state index in [4.69, 9.17) is 11.6 Å². The Labute approximate surface area is 98.4 Å². The molecule has 1 saturated heterocycles. The van der Waals surface area contributed by atoms with Crippen molar-refractivity contribution in [2.75, 3.05) is 5.75 Å². The highest BCUT2D eigenvalue weighted by molar-refractivity contribution is 8.14. The van der Waals surface area contributed by atoms with Crippen LogP contribution in [0.15, 0.2) is 24.3 Å². The molecule has 2 rings (SSSR count). The van der Waals surface area contributed by atoms with Crippen molar-refractivity contribution in [1.82, 2.24) is 5.32 Å². The van der Waals surface area contributed by atoms with Crippen molar-refractivity contribution in [1.29, 1.82) is 0 Å². The fourth-order valence-corrected chi connectivity index (χ4v) is 2.61. The second kappa shape index (κ2) is 5.01. The van der Waals surface area contributed by atoms with E-state index < -0.39 is 0 Å². The minimum absolute atomic E-state index is 0.0330. The van der Waals surface area contributed by atoms with Gasteiger partial charge in [0.1, 0.15) is 0 Å². The van der Waals surface area contributed by atoms with Crippen LogP contribution < -0.4 is 5.32 Å². The van der Waals surface area contributed by atoms with Gasteiger partial charge in [-0.1, -0.05) is 35.5 Å². The maximum absolute atomic E-state index is 11.3. The fourth-order valence-electron chi connectivity index (χ4n) is 1.52. The fraction of sp³-hybridized carbons (Fsp3) is 0.364. The third-order valence-corrected chi connectivity index (χ3v) is 3.66. The lowest BCUT2D eigenvalue weighted by Gasteiger charge is -2.09. The molecule has 0 amide bonds. The molecule has 1 atom stereocenters. The van der Waals surface area contributed by atoms with Gasteiger partial charge in [-0.3, -0.25) is 4.79 Å². The number of hydrogen-bond acceptors (Lipinski definition) is 3. The van der Waals surface area contributed by atoms with Crippen LogP contribution in [0, 0.1) is 0 Å². The Bertz CT molecular complexity index is 352. The van der Waals surface area contributed by atoms with Gasteiger partial charge in [0, 0.05) is 17.3 Å². The van der Waals surface area contributed by atoms with Crippen LogP contribution in [0.1, 0.15) is 12.0 Å². The highest BCUT2D eigenvalue weighted by atomic mass is 35.5. The van der Waals surface area contributed by atoms with E-state index in [1.54, 1.807) is 0 Å². The molecule has 1 N–H and O–H groups in total. The van der Waals surface area contributed by atoms with Gasteiger partial charge in [0.15, 0.2) is 0 Å². The van der Waals surface area contributed by atoms with Crippen LogP contribution in [0.5, 0.6) is 0 Å². The normalized spacial score (nSPS) is 20.9. The number of carbonyl (C=O) groups is 1. The molecular formula is C11H12ClNOS. The Kier molecular flexibility index (Phi) is 3.67. The van der Waals surface area contributed by atoms with Crippen LogP contribution in [0.25, 0.3) is 0 Å². The van der Waals surface area contributed by atoms with Crippen molar-refractivity contribution in [3.05, 3.63) is 34.9 Å². The molecule has 1 unspecified atom stereocenters. The number of nitrogens with one attached hydrogen (secondary N) is 1. The van der Waals surface area contributed by atoms with Crippen LogP contribution in [0.2, 0.25) is 5.02 Å². The molecule has 4 heteroatoms. The maximum atomic E-state index is 11.3. The molecule has 0 spiro atoms. The zero-order valence-corrected chi connectivity index (χ0v) is 9.77. The number of benzene rings is 1. The van der Waals surface area contributed by atoms with Crippen LogP contribution >= 0.6 is 23.4 Å². The second-order valence-electron chi connectivity index (χ2n) is 3.52. The Morgan fingerprint density at radius 2 is 2.13 bits per heavy atom. The Balaban J connectivity index is 1.87. The molecule has 0 bridgehead atoms. The zero-order chi connectivity index (χ0) is 10.7. The lowest BCUT2D eigenvalue weighted by Crippen LogP contribution is -2.31.